The molecule has 1 aromatic heterocycles. The Labute approximate surface area is 257 Å². The van der Waals surface area contributed by atoms with E-state index >= 15 is 0 Å². The Morgan fingerprint density at radius 3 is 2.14 bits per heavy atom. The fourth-order valence-corrected chi connectivity index (χ4v) is 5.15. The summed E-state index contributed by atoms with van der Waals surface area (Å²) in [7, 11) is 1.57. The maximum Gasteiger partial charge on any atom is 0.338 e. The minimum absolute atomic E-state index is 0.310. The van der Waals surface area contributed by atoms with E-state index in [4.69, 9.17) is 9.47 Å². The topological polar surface area (TPSA) is 81.9 Å². The molecule has 0 unspecified atom stereocenters. The van der Waals surface area contributed by atoms with Crippen LogP contribution in [-0.2, 0) is 4.74 Å². The van der Waals surface area contributed by atoms with Crippen molar-refractivity contribution in [3.05, 3.63) is 129 Å². The fraction of sp³-hybridized carbons (Fsp3) is 0.0882. The molecule has 5 rings (SSSR count). The molecule has 0 saturated heterocycles. The summed E-state index contributed by atoms with van der Waals surface area (Å²) in [6, 6.07) is 34.6. The summed E-state index contributed by atoms with van der Waals surface area (Å²) < 4.78 is 13.6. The monoisotopic (exact) mass is 669 g/mol. The number of carbonyl (C=O) groups is 2. The lowest BCUT2D eigenvalue weighted by Crippen LogP contribution is -2.17. The normalized spacial score (nSPS) is 10.9. The summed E-state index contributed by atoms with van der Waals surface area (Å²) in [5, 5.41) is 4.34. The van der Waals surface area contributed by atoms with Crippen molar-refractivity contribution >= 4 is 40.7 Å². The second-order valence-electron chi connectivity index (χ2n) is 9.22. The van der Waals surface area contributed by atoms with E-state index in [1.165, 1.54) is 0 Å². The van der Waals surface area contributed by atoms with Crippen molar-refractivity contribution in [1.29, 1.82) is 0 Å². The number of rotatable bonds is 9. The number of hydrogen-bond donors (Lipinski definition) is 1. The number of aromatic nitrogens is 1. The average Bonchev–Trinajstić information content (AvgIpc) is 3.41. The number of ether oxygens (including phenoxy) is 2. The molecule has 0 saturated carbocycles. The maximum absolute atomic E-state index is 12.9. The zero-order valence-corrected chi connectivity index (χ0v) is 25.2. The molecule has 0 aliphatic heterocycles. The Kier molecular flexibility index (Phi) is 9.13. The number of halogens is 1. The fourth-order valence-electron chi connectivity index (χ4n) is 4.60. The molecular formula is C34H28IN3O4. The van der Waals surface area contributed by atoms with E-state index in [0.717, 1.165) is 37.3 Å². The summed E-state index contributed by atoms with van der Waals surface area (Å²) >= 11 is 2.16. The highest BCUT2D eigenvalue weighted by Gasteiger charge is 2.19. The molecule has 0 aliphatic carbocycles. The molecule has 1 amide bonds. The Balaban J connectivity index is 1.59. The van der Waals surface area contributed by atoms with Crippen molar-refractivity contribution < 1.29 is 19.1 Å². The summed E-state index contributed by atoms with van der Waals surface area (Å²) in [5.74, 6) is -0.0888. The Morgan fingerprint density at radius 1 is 0.857 bits per heavy atom. The van der Waals surface area contributed by atoms with Crippen LogP contribution in [0, 0.1) is 3.57 Å². The molecule has 42 heavy (non-hydrogen) atoms. The predicted octanol–water partition coefficient (Wildman–Crippen LogP) is 7.37. The van der Waals surface area contributed by atoms with Crippen molar-refractivity contribution in [1.82, 2.24) is 9.99 Å². The second-order valence-corrected chi connectivity index (χ2v) is 10.4. The van der Waals surface area contributed by atoms with Gasteiger partial charge in [-0.3, -0.25) is 4.79 Å². The van der Waals surface area contributed by atoms with Gasteiger partial charge in [0.15, 0.2) is 0 Å². The van der Waals surface area contributed by atoms with Crippen LogP contribution in [0.3, 0.4) is 0 Å². The molecule has 0 radical (unpaired) electrons. The van der Waals surface area contributed by atoms with Gasteiger partial charge >= 0.3 is 5.97 Å². The Bertz CT molecular complexity index is 1730. The maximum atomic E-state index is 12.9. The van der Waals surface area contributed by atoms with E-state index in [1.807, 2.05) is 84.9 Å². The van der Waals surface area contributed by atoms with Crippen LogP contribution in [-0.4, -0.2) is 36.4 Å². The van der Waals surface area contributed by atoms with Crippen LogP contribution >= 0.6 is 22.6 Å². The first-order valence-corrected chi connectivity index (χ1v) is 14.4. The summed E-state index contributed by atoms with van der Waals surface area (Å²) in [5.41, 5.74) is 8.99. The van der Waals surface area contributed by atoms with E-state index in [1.54, 1.807) is 44.5 Å². The Hall–Kier alpha value is -4.70. The van der Waals surface area contributed by atoms with E-state index < -0.39 is 0 Å². The quantitative estimate of drug-likeness (QED) is 0.0770. The highest BCUT2D eigenvalue weighted by Crippen LogP contribution is 2.35. The first-order valence-electron chi connectivity index (χ1n) is 13.3. The van der Waals surface area contributed by atoms with Crippen LogP contribution < -0.4 is 10.2 Å². The van der Waals surface area contributed by atoms with Crippen LogP contribution in [0.5, 0.6) is 5.75 Å². The van der Waals surface area contributed by atoms with Crippen molar-refractivity contribution in [3.63, 3.8) is 0 Å². The lowest BCUT2D eigenvalue weighted by atomic mass is 10.1. The number of nitrogens with zero attached hydrogens (tertiary/aromatic N) is 2. The largest absolute Gasteiger partial charge is 0.496 e. The van der Waals surface area contributed by atoms with E-state index in [0.29, 0.717) is 23.5 Å². The number of nitrogens with one attached hydrogen (secondary N) is 1. The molecule has 1 N–H and O–H groups in total. The molecule has 0 fully saturated rings. The van der Waals surface area contributed by atoms with Gasteiger partial charge in [-0.05, 0) is 89.2 Å². The molecular weight excluding hydrogens is 641 g/mol. The minimum atomic E-state index is -0.363. The lowest BCUT2D eigenvalue weighted by molar-refractivity contribution is 0.0526. The van der Waals surface area contributed by atoms with Crippen LogP contribution in [0.2, 0.25) is 0 Å². The summed E-state index contributed by atoms with van der Waals surface area (Å²) in [6.45, 7) is 2.10. The zero-order valence-electron chi connectivity index (χ0n) is 23.1. The van der Waals surface area contributed by atoms with Crippen molar-refractivity contribution in [2.75, 3.05) is 13.7 Å². The molecule has 4 aromatic carbocycles. The van der Waals surface area contributed by atoms with Gasteiger partial charge in [0.2, 0.25) is 0 Å². The highest BCUT2D eigenvalue weighted by molar-refractivity contribution is 14.1. The van der Waals surface area contributed by atoms with Crippen LogP contribution in [0.25, 0.3) is 28.2 Å². The molecule has 0 bridgehead atoms. The zero-order chi connectivity index (χ0) is 29.5. The first kappa shape index (κ1) is 28.8. The van der Waals surface area contributed by atoms with E-state index in [9.17, 15) is 9.59 Å². The summed E-state index contributed by atoms with van der Waals surface area (Å²) in [6.07, 6.45) is 1.65. The van der Waals surface area contributed by atoms with Gasteiger partial charge in [-0.25, -0.2) is 10.2 Å². The van der Waals surface area contributed by atoms with Gasteiger partial charge in [0, 0.05) is 16.8 Å². The molecule has 210 valence electrons. The molecule has 8 heteroatoms. The van der Waals surface area contributed by atoms with E-state index in [2.05, 4.69) is 37.7 Å². The minimum Gasteiger partial charge on any atom is -0.496 e. The lowest BCUT2D eigenvalue weighted by Gasteiger charge is -2.15. The first-order chi connectivity index (χ1) is 20.5. The SMILES string of the molecule is CCOC(=O)c1ccc(-n2c(-c3ccccc3)cc(/C=N/NC(=O)c3ccc(I)c(OC)c3)c2-c2ccccc2)cc1. The van der Waals surface area contributed by atoms with Gasteiger partial charge < -0.3 is 14.0 Å². The molecule has 1 heterocycles. The second kappa shape index (κ2) is 13.3. The number of benzene rings is 4. The van der Waals surface area contributed by atoms with Gasteiger partial charge in [-0.1, -0.05) is 60.7 Å². The van der Waals surface area contributed by atoms with Gasteiger partial charge in [-0.15, -0.1) is 0 Å². The number of methoxy groups -OCH3 is 1. The van der Waals surface area contributed by atoms with E-state index in [-0.39, 0.29) is 11.9 Å². The molecule has 7 nitrogen and oxygen atoms in total. The summed E-state index contributed by atoms with van der Waals surface area (Å²) in [4.78, 5) is 25.2. The van der Waals surface area contributed by atoms with Crippen LogP contribution in [0.4, 0.5) is 0 Å². The highest BCUT2D eigenvalue weighted by atomic mass is 127. The third-order valence-corrected chi connectivity index (χ3v) is 7.46. The van der Waals surface area contributed by atoms with Crippen LogP contribution in [0.1, 0.15) is 33.2 Å². The number of carbonyl (C=O) groups excluding carboxylic acids is 2. The molecule has 0 aliphatic rings. The third kappa shape index (κ3) is 6.28. The van der Waals surface area contributed by atoms with Crippen LogP contribution in [0.15, 0.2) is 114 Å². The number of hydrogen-bond acceptors (Lipinski definition) is 5. The van der Waals surface area contributed by atoms with Gasteiger partial charge in [-0.2, -0.15) is 5.10 Å². The predicted molar refractivity (Wildman–Crippen MR) is 173 cm³/mol. The Morgan fingerprint density at radius 2 is 1.50 bits per heavy atom. The number of hydrazone groups is 1. The van der Waals surface area contributed by atoms with Crippen molar-refractivity contribution in [2.24, 2.45) is 5.10 Å². The van der Waals surface area contributed by atoms with Gasteiger partial charge in [0.25, 0.3) is 5.91 Å². The molecule has 0 spiro atoms. The molecule has 0 atom stereocenters. The smallest absolute Gasteiger partial charge is 0.338 e. The molecule has 5 aromatic rings. The van der Waals surface area contributed by atoms with Gasteiger partial charge in [0.1, 0.15) is 5.75 Å². The number of esters is 1. The standard InChI is InChI=1S/C34H28IN3O4/c1-3-42-34(40)25-14-17-28(18-15-25)38-30(23-10-6-4-7-11-23)20-27(32(38)24-12-8-5-9-13-24)22-36-37-33(39)26-16-19-29(35)31(21-26)41-2/h4-22H,3H2,1-2H3,(H,37,39)/b36-22+. The third-order valence-electron chi connectivity index (χ3n) is 6.57. The van der Waals surface area contributed by atoms with Crippen molar-refractivity contribution in [2.45, 2.75) is 6.92 Å². The van der Waals surface area contributed by atoms with Gasteiger partial charge in [0.05, 0.1) is 40.5 Å². The number of amides is 1. The van der Waals surface area contributed by atoms with Crippen molar-refractivity contribution in [3.8, 4) is 34.0 Å². The average molecular weight is 670 g/mol.